The molecule has 2 N–H and O–H groups in total. The van der Waals surface area contributed by atoms with Crippen LogP contribution in [0.4, 0.5) is 21.7 Å². The normalized spacial score (nSPS) is 16.1. The molecule has 7 nitrogen and oxygen atoms in total. The van der Waals surface area contributed by atoms with E-state index in [1.54, 1.807) is 12.1 Å². The maximum Gasteiger partial charge on any atom is 0.243 e. The first-order chi connectivity index (χ1) is 14.0. The SMILES string of the molecule is C=CC(=O)N[C@@H]1CCN(c2ccc3ncnc(Nc4cccc(Cl)c4F)c3n2)C1. The highest BCUT2D eigenvalue weighted by atomic mass is 35.5. The predicted molar refractivity (Wildman–Crippen MR) is 111 cm³/mol. The predicted octanol–water partition coefficient (Wildman–Crippen LogP) is 3.44. The van der Waals surface area contributed by atoms with Crippen molar-refractivity contribution in [2.24, 2.45) is 0 Å². The number of rotatable bonds is 5. The van der Waals surface area contributed by atoms with Gasteiger partial charge in [-0.2, -0.15) is 0 Å². The molecule has 1 atom stereocenters. The van der Waals surface area contributed by atoms with Gasteiger partial charge in [0.15, 0.2) is 11.6 Å². The lowest BCUT2D eigenvalue weighted by atomic mass is 10.2. The summed E-state index contributed by atoms with van der Waals surface area (Å²) in [5.74, 6) is 0.371. The Morgan fingerprint density at radius 3 is 3.00 bits per heavy atom. The molecule has 3 aromatic rings. The van der Waals surface area contributed by atoms with Gasteiger partial charge in [0, 0.05) is 19.1 Å². The Bertz CT molecular complexity index is 1090. The molecule has 1 aliphatic rings. The van der Waals surface area contributed by atoms with E-state index in [4.69, 9.17) is 11.6 Å². The first kappa shape index (κ1) is 19.1. The van der Waals surface area contributed by atoms with Gasteiger partial charge < -0.3 is 15.5 Å². The minimum absolute atomic E-state index is 0.0201. The van der Waals surface area contributed by atoms with Crippen LogP contribution in [0.3, 0.4) is 0 Å². The summed E-state index contributed by atoms with van der Waals surface area (Å²) in [6.07, 6.45) is 3.47. The zero-order chi connectivity index (χ0) is 20.4. The summed E-state index contributed by atoms with van der Waals surface area (Å²) in [5, 5.41) is 5.88. The number of nitrogens with zero attached hydrogens (tertiary/aromatic N) is 4. The van der Waals surface area contributed by atoms with Gasteiger partial charge in [-0.25, -0.2) is 19.3 Å². The minimum atomic E-state index is -0.558. The van der Waals surface area contributed by atoms with E-state index in [-0.39, 0.29) is 22.7 Å². The van der Waals surface area contributed by atoms with Crippen molar-refractivity contribution in [3.63, 3.8) is 0 Å². The number of benzene rings is 1. The van der Waals surface area contributed by atoms with Crippen LogP contribution in [0.15, 0.2) is 49.3 Å². The smallest absolute Gasteiger partial charge is 0.243 e. The number of hydrogen-bond donors (Lipinski definition) is 2. The molecule has 0 aliphatic carbocycles. The number of hydrogen-bond acceptors (Lipinski definition) is 6. The first-order valence-corrected chi connectivity index (χ1v) is 9.43. The van der Waals surface area contributed by atoms with Crippen LogP contribution < -0.4 is 15.5 Å². The van der Waals surface area contributed by atoms with Crippen molar-refractivity contribution in [3.8, 4) is 0 Å². The highest BCUT2D eigenvalue weighted by molar-refractivity contribution is 6.31. The molecule has 1 fully saturated rings. The van der Waals surface area contributed by atoms with Crippen molar-refractivity contribution in [1.82, 2.24) is 20.3 Å². The molecule has 0 radical (unpaired) electrons. The Morgan fingerprint density at radius 2 is 2.17 bits per heavy atom. The number of pyridine rings is 1. The third-order valence-corrected chi connectivity index (χ3v) is 5.01. The van der Waals surface area contributed by atoms with Crippen molar-refractivity contribution in [2.45, 2.75) is 12.5 Å². The fraction of sp³-hybridized carbons (Fsp3) is 0.200. The molecule has 4 rings (SSSR count). The maximum absolute atomic E-state index is 14.3. The molecule has 1 aliphatic heterocycles. The van der Waals surface area contributed by atoms with E-state index in [9.17, 15) is 9.18 Å². The first-order valence-electron chi connectivity index (χ1n) is 9.06. The number of carbonyl (C=O) groups excluding carboxylic acids is 1. The van der Waals surface area contributed by atoms with Gasteiger partial charge in [0.25, 0.3) is 0 Å². The van der Waals surface area contributed by atoms with E-state index in [0.717, 1.165) is 18.8 Å². The van der Waals surface area contributed by atoms with Crippen molar-refractivity contribution in [2.75, 3.05) is 23.3 Å². The summed E-state index contributed by atoms with van der Waals surface area (Å²) in [5.41, 5.74) is 1.35. The summed E-state index contributed by atoms with van der Waals surface area (Å²) in [4.78, 5) is 26.8. The van der Waals surface area contributed by atoms with Crippen molar-refractivity contribution >= 4 is 45.9 Å². The van der Waals surface area contributed by atoms with Crippen LogP contribution >= 0.6 is 11.6 Å². The lowest BCUT2D eigenvalue weighted by Crippen LogP contribution is -2.36. The highest BCUT2D eigenvalue weighted by Crippen LogP contribution is 2.28. The Hall–Kier alpha value is -3.26. The van der Waals surface area contributed by atoms with E-state index < -0.39 is 5.82 Å². The van der Waals surface area contributed by atoms with E-state index in [0.29, 0.717) is 23.4 Å². The number of carbonyl (C=O) groups is 1. The Labute approximate surface area is 171 Å². The fourth-order valence-electron chi connectivity index (χ4n) is 3.27. The summed E-state index contributed by atoms with van der Waals surface area (Å²) in [6, 6.07) is 8.45. The van der Waals surface area contributed by atoms with Crippen LogP contribution in [-0.4, -0.2) is 40.0 Å². The molecule has 0 saturated carbocycles. The van der Waals surface area contributed by atoms with Gasteiger partial charge in [0.1, 0.15) is 17.7 Å². The second-order valence-electron chi connectivity index (χ2n) is 6.63. The van der Waals surface area contributed by atoms with Gasteiger partial charge in [0.2, 0.25) is 5.91 Å². The van der Waals surface area contributed by atoms with Gasteiger partial charge in [-0.15, -0.1) is 0 Å². The number of anilines is 3. The fourth-order valence-corrected chi connectivity index (χ4v) is 3.45. The second-order valence-corrected chi connectivity index (χ2v) is 7.04. The Morgan fingerprint density at radius 1 is 1.31 bits per heavy atom. The molecule has 0 spiro atoms. The van der Waals surface area contributed by atoms with E-state index in [2.05, 4.69) is 37.1 Å². The summed E-state index contributed by atoms with van der Waals surface area (Å²) in [7, 11) is 0. The number of halogens is 2. The molecule has 3 heterocycles. The van der Waals surface area contributed by atoms with E-state index in [1.165, 1.54) is 18.5 Å². The van der Waals surface area contributed by atoms with Gasteiger partial charge in [-0.3, -0.25) is 4.79 Å². The lowest BCUT2D eigenvalue weighted by molar-refractivity contribution is -0.117. The summed E-state index contributed by atoms with van der Waals surface area (Å²) < 4.78 is 14.3. The zero-order valence-corrected chi connectivity index (χ0v) is 16.2. The molecule has 1 aromatic carbocycles. The molecular formula is C20H18ClFN6O. The average molecular weight is 413 g/mol. The maximum atomic E-state index is 14.3. The van der Waals surface area contributed by atoms with Gasteiger partial charge >= 0.3 is 0 Å². The molecule has 9 heteroatoms. The van der Waals surface area contributed by atoms with Crippen molar-refractivity contribution < 1.29 is 9.18 Å². The van der Waals surface area contributed by atoms with Crippen LogP contribution in [0.1, 0.15) is 6.42 Å². The Balaban J connectivity index is 1.62. The van der Waals surface area contributed by atoms with Crippen LogP contribution in [0.2, 0.25) is 5.02 Å². The van der Waals surface area contributed by atoms with Crippen molar-refractivity contribution in [3.05, 3.63) is 60.2 Å². The zero-order valence-electron chi connectivity index (χ0n) is 15.4. The monoisotopic (exact) mass is 412 g/mol. The minimum Gasteiger partial charge on any atom is -0.354 e. The molecule has 0 bridgehead atoms. The summed E-state index contributed by atoms with van der Waals surface area (Å²) in [6.45, 7) is 4.86. The highest BCUT2D eigenvalue weighted by Gasteiger charge is 2.24. The van der Waals surface area contributed by atoms with Gasteiger partial charge in [-0.05, 0) is 36.8 Å². The van der Waals surface area contributed by atoms with Gasteiger partial charge in [0.05, 0.1) is 16.2 Å². The van der Waals surface area contributed by atoms with Crippen molar-refractivity contribution in [1.29, 1.82) is 0 Å². The van der Waals surface area contributed by atoms with Gasteiger partial charge in [-0.1, -0.05) is 24.2 Å². The number of amides is 1. The molecule has 0 unspecified atom stereocenters. The molecule has 2 aromatic heterocycles. The molecule has 148 valence electrons. The second kappa shape index (κ2) is 8.00. The number of aromatic nitrogens is 3. The largest absolute Gasteiger partial charge is 0.354 e. The third kappa shape index (κ3) is 3.97. The van der Waals surface area contributed by atoms with Crippen LogP contribution in [0.5, 0.6) is 0 Å². The molecule has 29 heavy (non-hydrogen) atoms. The van der Waals surface area contributed by atoms with E-state index in [1.807, 2.05) is 12.1 Å². The summed E-state index contributed by atoms with van der Waals surface area (Å²) >= 11 is 5.86. The topological polar surface area (TPSA) is 83.0 Å². The number of nitrogens with one attached hydrogen (secondary N) is 2. The quantitative estimate of drug-likeness (QED) is 0.624. The van der Waals surface area contributed by atoms with Crippen LogP contribution in [-0.2, 0) is 4.79 Å². The lowest BCUT2D eigenvalue weighted by Gasteiger charge is -2.18. The third-order valence-electron chi connectivity index (χ3n) is 4.72. The average Bonchev–Trinajstić information content (AvgIpc) is 3.19. The molecule has 1 saturated heterocycles. The molecular weight excluding hydrogens is 395 g/mol. The molecule has 1 amide bonds. The number of fused-ring (bicyclic) bond motifs is 1. The van der Waals surface area contributed by atoms with Crippen LogP contribution in [0.25, 0.3) is 11.0 Å². The standard InChI is InChI=1S/C20H18ClFN6O/c1-2-17(29)25-12-8-9-28(10-12)16-7-6-15-19(27-16)20(24-11-23-15)26-14-5-3-4-13(21)18(14)22/h2-7,11-12H,1,8-10H2,(H,25,29)(H,23,24,26)/t12-/m1/s1. The Kier molecular flexibility index (Phi) is 5.26. The van der Waals surface area contributed by atoms with E-state index >= 15 is 0 Å². The van der Waals surface area contributed by atoms with Crippen LogP contribution in [0, 0.1) is 5.82 Å².